The third-order valence-electron chi connectivity index (χ3n) is 3.75. The highest BCUT2D eigenvalue weighted by Crippen LogP contribution is 2.31. The van der Waals surface area contributed by atoms with Crippen LogP contribution in [0.5, 0.6) is 11.5 Å². The van der Waals surface area contributed by atoms with E-state index < -0.39 is 11.9 Å². The van der Waals surface area contributed by atoms with Crippen LogP contribution in [0.3, 0.4) is 0 Å². The van der Waals surface area contributed by atoms with Gasteiger partial charge in [-0.15, -0.1) is 0 Å². The van der Waals surface area contributed by atoms with E-state index in [0.717, 1.165) is 12.0 Å². The summed E-state index contributed by atoms with van der Waals surface area (Å²) in [5.41, 5.74) is 0.915. The van der Waals surface area contributed by atoms with E-state index in [2.05, 4.69) is 0 Å². The normalized spacial score (nSPS) is 21.2. The zero-order valence-corrected chi connectivity index (χ0v) is 11.6. The number of benzene rings is 1. The largest absolute Gasteiger partial charge is 0.490 e. The Hall–Kier alpha value is -2.24. The molecule has 0 bridgehead atoms. The number of carboxylic acid groups (broad SMARTS) is 1. The van der Waals surface area contributed by atoms with Crippen molar-refractivity contribution >= 4 is 11.9 Å². The molecular formula is C15H17NO5. The van der Waals surface area contributed by atoms with E-state index >= 15 is 0 Å². The SMILES string of the molecule is O=C(O)[C@H]1CC(=O)N(Cc2ccc3c(c2)OCCCO3)C1. The Morgan fingerprint density at radius 3 is 2.76 bits per heavy atom. The molecule has 1 N–H and O–H groups in total. The number of aliphatic carboxylic acids is 1. The fourth-order valence-electron chi connectivity index (χ4n) is 2.62. The zero-order valence-electron chi connectivity index (χ0n) is 11.6. The van der Waals surface area contributed by atoms with Crippen molar-refractivity contribution in [2.45, 2.75) is 19.4 Å². The Morgan fingerprint density at radius 1 is 1.29 bits per heavy atom. The van der Waals surface area contributed by atoms with Crippen LogP contribution in [0.25, 0.3) is 0 Å². The molecule has 2 aliphatic heterocycles. The molecule has 0 aliphatic carbocycles. The predicted octanol–water partition coefficient (Wildman–Crippen LogP) is 1.28. The van der Waals surface area contributed by atoms with Gasteiger partial charge in [0.1, 0.15) is 0 Å². The minimum Gasteiger partial charge on any atom is -0.490 e. The first-order valence-electron chi connectivity index (χ1n) is 7.02. The minimum atomic E-state index is -0.912. The summed E-state index contributed by atoms with van der Waals surface area (Å²) in [6, 6.07) is 5.59. The van der Waals surface area contributed by atoms with E-state index in [0.29, 0.717) is 31.3 Å². The molecule has 6 heteroatoms. The number of ether oxygens (including phenoxy) is 2. The van der Waals surface area contributed by atoms with Crippen LogP contribution >= 0.6 is 0 Å². The van der Waals surface area contributed by atoms with Crippen LogP contribution in [0.15, 0.2) is 18.2 Å². The minimum absolute atomic E-state index is 0.0832. The molecule has 2 aliphatic rings. The Morgan fingerprint density at radius 2 is 2.05 bits per heavy atom. The fraction of sp³-hybridized carbons (Fsp3) is 0.467. The van der Waals surface area contributed by atoms with Crippen molar-refractivity contribution in [2.24, 2.45) is 5.92 Å². The van der Waals surface area contributed by atoms with Crippen LogP contribution in [-0.2, 0) is 16.1 Å². The van der Waals surface area contributed by atoms with Gasteiger partial charge in [0.2, 0.25) is 5.91 Å². The molecule has 112 valence electrons. The first-order valence-corrected chi connectivity index (χ1v) is 7.02. The van der Waals surface area contributed by atoms with Crippen molar-refractivity contribution in [3.63, 3.8) is 0 Å². The third kappa shape index (κ3) is 2.94. The number of amides is 1. The van der Waals surface area contributed by atoms with E-state index in [-0.39, 0.29) is 18.9 Å². The van der Waals surface area contributed by atoms with Gasteiger partial charge in [-0.05, 0) is 17.7 Å². The van der Waals surface area contributed by atoms with E-state index in [1.165, 1.54) is 0 Å². The van der Waals surface area contributed by atoms with Crippen LogP contribution in [0.2, 0.25) is 0 Å². The van der Waals surface area contributed by atoms with Gasteiger partial charge >= 0.3 is 5.97 Å². The number of fused-ring (bicyclic) bond motifs is 1. The summed E-state index contributed by atoms with van der Waals surface area (Å²) in [5.74, 6) is -0.226. The van der Waals surface area contributed by atoms with Gasteiger partial charge in [-0.2, -0.15) is 0 Å². The topological polar surface area (TPSA) is 76.1 Å². The molecule has 3 rings (SSSR count). The summed E-state index contributed by atoms with van der Waals surface area (Å²) in [6.45, 7) is 1.92. The Kier molecular flexibility index (Phi) is 3.68. The number of rotatable bonds is 3. The molecule has 0 aromatic heterocycles. The number of hydrogen-bond acceptors (Lipinski definition) is 4. The summed E-state index contributed by atoms with van der Waals surface area (Å²) < 4.78 is 11.2. The highest BCUT2D eigenvalue weighted by Gasteiger charge is 2.34. The molecular weight excluding hydrogens is 274 g/mol. The van der Waals surface area contributed by atoms with Gasteiger partial charge in [0.25, 0.3) is 0 Å². The van der Waals surface area contributed by atoms with Crippen LogP contribution < -0.4 is 9.47 Å². The zero-order chi connectivity index (χ0) is 14.8. The third-order valence-corrected chi connectivity index (χ3v) is 3.75. The molecule has 0 saturated carbocycles. The summed E-state index contributed by atoms with van der Waals surface area (Å²) in [7, 11) is 0. The Balaban J connectivity index is 1.72. The molecule has 6 nitrogen and oxygen atoms in total. The number of nitrogens with zero attached hydrogens (tertiary/aromatic N) is 1. The maximum Gasteiger partial charge on any atom is 0.308 e. The van der Waals surface area contributed by atoms with Crippen molar-refractivity contribution in [3.8, 4) is 11.5 Å². The Labute approximate surface area is 122 Å². The second-order valence-corrected chi connectivity index (χ2v) is 5.35. The second kappa shape index (κ2) is 5.63. The highest BCUT2D eigenvalue weighted by atomic mass is 16.5. The van der Waals surface area contributed by atoms with Gasteiger partial charge < -0.3 is 19.5 Å². The average Bonchev–Trinajstić information content (AvgIpc) is 2.69. The lowest BCUT2D eigenvalue weighted by molar-refractivity contribution is -0.141. The van der Waals surface area contributed by atoms with Crippen molar-refractivity contribution in [1.82, 2.24) is 4.90 Å². The van der Waals surface area contributed by atoms with E-state index in [9.17, 15) is 9.59 Å². The molecule has 2 heterocycles. The molecule has 1 aromatic rings. The number of carboxylic acids is 1. The summed E-state index contributed by atoms with van der Waals surface area (Å²) in [4.78, 5) is 24.4. The monoisotopic (exact) mass is 291 g/mol. The highest BCUT2D eigenvalue weighted by molar-refractivity contribution is 5.86. The molecule has 1 saturated heterocycles. The molecule has 1 atom stereocenters. The molecule has 1 fully saturated rings. The molecule has 1 aromatic carbocycles. The quantitative estimate of drug-likeness (QED) is 0.908. The summed E-state index contributed by atoms with van der Waals surface area (Å²) in [6.07, 6.45) is 0.925. The van der Waals surface area contributed by atoms with Crippen molar-refractivity contribution in [3.05, 3.63) is 23.8 Å². The first-order chi connectivity index (χ1) is 10.1. The molecule has 0 spiro atoms. The van der Waals surface area contributed by atoms with Gasteiger partial charge in [0.05, 0.1) is 19.1 Å². The summed E-state index contributed by atoms with van der Waals surface area (Å²) in [5, 5.41) is 8.99. The van der Waals surface area contributed by atoms with Crippen molar-refractivity contribution in [2.75, 3.05) is 19.8 Å². The first kappa shape index (κ1) is 13.7. The van der Waals surface area contributed by atoms with Crippen molar-refractivity contribution < 1.29 is 24.2 Å². The maximum absolute atomic E-state index is 11.8. The number of carbonyl (C=O) groups excluding carboxylic acids is 1. The van der Waals surface area contributed by atoms with Gasteiger partial charge in [-0.3, -0.25) is 9.59 Å². The molecule has 0 radical (unpaired) electrons. The van der Waals surface area contributed by atoms with Gasteiger partial charge in [-0.25, -0.2) is 0 Å². The van der Waals surface area contributed by atoms with E-state index in [1.807, 2.05) is 18.2 Å². The lowest BCUT2D eigenvalue weighted by atomic mass is 10.1. The smallest absolute Gasteiger partial charge is 0.308 e. The van der Waals surface area contributed by atoms with E-state index in [1.54, 1.807) is 4.90 Å². The fourth-order valence-corrected chi connectivity index (χ4v) is 2.62. The Bertz CT molecular complexity index is 571. The van der Waals surface area contributed by atoms with Gasteiger partial charge in [0.15, 0.2) is 11.5 Å². The summed E-state index contributed by atoms with van der Waals surface area (Å²) >= 11 is 0. The predicted molar refractivity (Wildman–Crippen MR) is 73.2 cm³/mol. The molecule has 1 amide bonds. The number of likely N-dealkylation sites (tertiary alicyclic amines) is 1. The second-order valence-electron chi connectivity index (χ2n) is 5.35. The van der Waals surface area contributed by atoms with Crippen LogP contribution in [0, 0.1) is 5.92 Å². The lowest BCUT2D eigenvalue weighted by Crippen LogP contribution is -2.25. The van der Waals surface area contributed by atoms with Crippen LogP contribution in [0.4, 0.5) is 0 Å². The average molecular weight is 291 g/mol. The number of carbonyl (C=O) groups is 2. The van der Waals surface area contributed by atoms with E-state index in [4.69, 9.17) is 14.6 Å². The van der Waals surface area contributed by atoms with Crippen LogP contribution in [0.1, 0.15) is 18.4 Å². The van der Waals surface area contributed by atoms with Crippen LogP contribution in [-0.4, -0.2) is 41.6 Å². The maximum atomic E-state index is 11.8. The van der Waals surface area contributed by atoms with Gasteiger partial charge in [-0.1, -0.05) is 6.07 Å². The lowest BCUT2D eigenvalue weighted by Gasteiger charge is -2.17. The van der Waals surface area contributed by atoms with Gasteiger partial charge in [0, 0.05) is 25.9 Å². The number of hydrogen-bond donors (Lipinski definition) is 1. The van der Waals surface area contributed by atoms with Crippen molar-refractivity contribution in [1.29, 1.82) is 0 Å². The molecule has 0 unspecified atom stereocenters. The molecule has 21 heavy (non-hydrogen) atoms. The standard InChI is InChI=1S/C15H17NO5/c17-14-7-11(15(18)19)9-16(14)8-10-2-3-12-13(6-10)21-5-1-4-20-12/h2-3,6,11H,1,4-5,7-9H2,(H,18,19)/t11-/m0/s1.